The molecule has 1 aromatic rings. The Labute approximate surface area is 113 Å². The number of rotatable bonds is 4. The van der Waals surface area contributed by atoms with Crippen molar-refractivity contribution in [2.75, 3.05) is 25.6 Å². The molecule has 0 bridgehead atoms. The van der Waals surface area contributed by atoms with E-state index >= 15 is 0 Å². The number of aromatic nitrogens is 1. The molecule has 0 atom stereocenters. The van der Waals surface area contributed by atoms with Crippen LogP contribution in [-0.2, 0) is 10.0 Å². The largest absolute Gasteiger partial charge is 0.307 e. The Balaban J connectivity index is 2.14. The van der Waals surface area contributed by atoms with Gasteiger partial charge in [0.1, 0.15) is 4.90 Å². The third-order valence-electron chi connectivity index (χ3n) is 3.24. The Morgan fingerprint density at radius 1 is 1.42 bits per heavy atom. The summed E-state index contributed by atoms with van der Waals surface area (Å²) >= 11 is 0. The van der Waals surface area contributed by atoms with Gasteiger partial charge in [-0.25, -0.2) is 24.0 Å². The lowest BCUT2D eigenvalue weighted by molar-refractivity contribution is 0.248. The highest BCUT2D eigenvalue weighted by Gasteiger charge is 2.25. The molecule has 1 fully saturated rings. The molecule has 0 amide bonds. The van der Waals surface area contributed by atoms with Crippen LogP contribution < -0.4 is 16.0 Å². The Morgan fingerprint density at radius 2 is 2.11 bits per heavy atom. The molecule has 2 rings (SSSR count). The number of hydrazine groups is 1. The number of sulfonamides is 1. The number of hydrogen-bond donors (Lipinski definition) is 3. The van der Waals surface area contributed by atoms with Gasteiger partial charge in [0.15, 0.2) is 5.82 Å². The monoisotopic (exact) mass is 285 g/mol. The third-order valence-corrected chi connectivity index (χ3v) is 4.79. The predicted octanol–water partition coefficient (Wildman–Crippen LogP) is -0.260. The number of pyridine rings is 1. The summed E-state index contributed by atoms with van der Waals surface area (Å²) in [6, 6.07) is 3.02. The van der Waals surface area contributed by atoms with Crippen LogP contribution in [0.5, 0.6) is 0 Å². The summed E-state index contributed by atoms with van der Waals surface area (Å²) in [5.41, 5.74) is 2.31. The Morgan fingerprint density at radius 3 is 2.74 bits per heavy atom. The van der Waals surface area contributed by atoms with Crippen LogP contribution in [0.15, 0.2) is 23.2 Å². The fraction of sp³-hybridized carbons (Fsp3) is 0.545. The summed E-state index contributed by atoms with van der Waals surface area (Å²) in [4.78, 5) is 6.17. The van der Waals surface area contributed by atoms with Gasteiger partial charge in [-0.1, -0.05) is 0 Å². The van der Waals surface area contributed by atoms with E-state index in [0.29, 0.717) is 0 Å². The Kier molecular flexibility index (Phi) is 4.35. The maximum Gasteiger partial charge on any atom is 0.244 e. The normalized spacial score (nSPS) is 18.4. The smallest absolute Gasteiger partial charge is 0.244 e. The second-order valence-electron chi connectivity index (χ2n) is 4.69. The van der Waals surface area contributed by atoms with Crippen molar-refractivity contribution in [2.45, 2.75) is 23.8 Å². The molecule has 106 valence electrons. The lowest BCUT2D eigenvalue weighted by Gasteiger charge is -2.29. The van der Waals surface area contributed by atoms with Crippen LogP contribution in [0, 0.1) is 0 Å². The SMILES string of the molecule is CN1CCC(NS(=O)(=O)c2cccnc2NN)CC1. The molecule has 7 nitrogen and oxygen atoms in total. The van der Waals surface area contributed by atoms with Gasteiger partial charge in [-0.2, -0.15) is 0 Å². The van der Waals surface area contributed by atoms with Crippen LogP contribution >= 0.6 is 0 Å². The average Bonchev–Trinajstić information content (AvgIpc) is 2.41. The zero-order chi connectivity index (χ0) is 13.9. The van der Waals surface area contributed by atoms with E-state index in [1.54, 1.807) is 6.07 Å². The van der Waals surface area contributed by atoms with Crippen molar-refractivity contribution in [3.05, 3.63) is 18.3 Å². The number of likely N-dealkylation sites (tertiary alicyclic amines) is 1. The minimum absolute atomic E-state index is 0.0352. The first kappa shape index (κ1) is 14.2. The number of nitrogens with zero attached hydrogens (tertiary/aromatic N) is 2. The molecule has 0 radical (unpaired) electrons. The molecule has 0 aromatic carbocycles. The van der Waals surface area contributed by atoms with Crippen molar-refractivity contribution in [1.29, 1.82) is 0 Å². The summed E-state index contributed by atoms with van der Waals surface area (Å²) in [5, 5.41) is 0. The summed E-state index contributed by atoms with van der Waals surface area (Å²) in [6.45, 7) is 1.78. The van der Waals surface area contributed by atoms with E-state index in [4.69, 9.17) is 5.84 Å². The molecular weight excluding hydrogens is 266 g/mol. The third kappa shape index (κ3) is 3.41. The zero-order valence-electron chi connectivity index (χ0n) is 10.8. The number of anilines is 1. The first-order valence-corrected chi connectivity index (χ1v) is 7.64. The number of nitrogen functional groups attached to an aromatic ring is 1. The first-order valence-electron chi connectivity index (χ1n) is 6.15. The maximum absolute atomic E-state index is 12.3. The zero-order valence-corrected chi connectivity index (χ0v) is 11.7. The quantitative estimate of drug-likeness (QED) is 0.520. The van der Waals surface area contributed by atoms with E-state index in [-0.39, 0.29) is 16.8 Å². The maximum atomic E-state index is 12.3. The number of hydrogen-bond acceptors (Lipinski definition) is 6. The Hall–Kier alpha value is -1.22. The average molecular weight is 285 g/mol. The summed E-state index contributed by atoms with van der Waals surface area (Å²) in [6.07, 6.45) is 3.10. The number of nitrogens with one attached hydrogen (secondary N) is 2. The van der Waals surface area contributed by atoms with Crippen molar-refractivity contribution in [2.24, 2.45) is 5.84 Å². The minimum Gasteiger partial charge on any atom is -0.307 e. The van der Waals surface area contributed by atoms with Gasteiger partial charge in [0.2, 0.25) is 10.0 Å². The molecule has 1 aliphatic rings. The highest BCUT2D eigenvalue weighted by molar-refractivity contribution is 7.89. The van der Waals surface area contributed by atoms with E-state index in [9.17, 15) is 8.42 Å². The molecule has 0 aliphatic carbocycles. The molecule has 1 aromatic heterocycles. The molecule has 0 saturated carbocycles. The van der Waals surface area contributed by atoms with E-state index in [1.807, 2.05) is 7.05 Å². The molecule has 0 unspecified atom stereocenters. The van der Waals surface area contributed by atoms with E-state index < -0.39 is 10.0 Å². The van der Waals surface area contributed by atoms with Crippen LogP contribution in [0.25, 0.3) is 0 Å². The minimum atomic E-state index is -3.59. The molecule has 2 heterocycles. The van der Waals surface area contributed by atoms with Gasteiger partial charge in [-0.3, -0.25) is 0 Å². The molecular formula is C11H19N5O2S. The molecule has 1 saturated heterocycles. The van der Waals surface area contributed by atoms with Gasteiger partial charge < -0.3 is 10.3 Å². The Bertz CT molecular complexity index is 526. The van der Waals surface area contributed by atoms with Crippen LogP contribution in [0.2, 0.25) is 0 Å². The van der Waals surface area contributed by atoms with Gasteiger partial charge in [0.05, 0.1) is 0 Å². The highest BCUT2D eigenvalue weighted by Crippen LogP contribution is 2.19. The van der Waals surface area contributed by atoms with Gasteiger partial charge >= 0.3 is 0 Å². The predicted molar refractivity (Wildman–Crippen MR) is 72.9 cm³/mol. The lowest BCUT2D eigenvalue weighted by atomic mass is 10.1. The van der Waals surface area contributed by atoms with Gasteiger partial charge in [0, 0.05) is 12.2 Å². The fourth-order valence-electron chi connectivity index (χ4n) is 2.13. The van der Waals surface area contributed by atoms with Crippen molar-refractivity contribution in [1.82, 2.24) is 14.6 Å². The van der Waals surface area contributed by atoms with Crippen molar-refractivity contribution in [3.8, 4) is 0 Å². The van der Waals surface area contributed by atoms with Crippen molar-refractivity contribution >= 4 is 15.8 Å². The van der Waals surface area contributed by atoms with Crippen LogP contribution in [0.3, 0.4) is 0 Å². The molecule has 8 heteroatoms. The molecule has 1 aliphatic heterocycles. The lowest BCUT2D eigenvalue weighted by Crippen LogP contribution is -2.43. The standard InChI is InChI=1S/C11H19N5O2S/c1-16-7-4-9(5-8-16)15-19(17,18)10-3-2-6-13-11(10)14-12/h2-3,6,9,15H,4-5,7-8,12H2,1H3,(H,13,14). The fourth-order valence-corrected chi connectivity index (χ4v) is 3.55. The topological polar surface area (TPSA) is 100 Å². The van der Waals surface area contributed by atoms with Gasteiger partial charge in [-0.15, -0.1) is 0 Å². The van der Waals surface area contributed by atoms with E-state index in [2.05, 4.69) is 20.0 Å². The van der Waals surface area contributed by atoms with E-state index in [0.717, 1.165) is 25.9 Å². The molecule has 4 N–H and O–H groups in total. The second kappa shape index (κ2) is 5.83. The first-order chi connectivity index (χ1) is 9.03. The van der Waals surface area contributed by atoms with Crippen LogP contribution in [0.4, 0.5) is 5.82 Å². The second-order valence-corrected chi connectivity index (χ2v) is 6.38. The molecule has 0 spiro atoms. The van der Waals surface area contributed by atoms with Gasteiger partial charge in [-0.05, 0) is 45.1 Å². The highest BCUT2D eigenvalue weighted by atomic mass is 32.2. The number of piperidine rings is 1. The summed E-state index contributed by atoms with van der Waals surface area (Å²) in [7, 11) is -1.56. The molecule has 19 heavy (non-hydrogen) atoms. The summed E-state index contributed by atoms with van der Waals surface area (Å²) in [5.74, 6) is 5.44. The summed E-state index contributed by atoms with van der Waals surface area (Å²) < 4.78 is 27.3. The number of nitrogens with two attached hydrogens (primary N) is 1. The van der Waals surface area contributed by atoms with Crippen molar-refractivity contribution in [3.63, 3.8) is 0 Å². The van der Waals surface area contributed by atoms with Crippen LogP contribution in [-0.4, -0.2) is 44.5 Å². The van der Waals surface area contributed by atoms with Crippen LogP contribution in [0.1, 0.15) is 12.8 Å². The van der Waals surface area contributed by atoms with Gasteiger partial charge in [0.25, 0.3) is 0 Å². The van der Waals surface area contributed by atoms with E-state index in [1.165, 1.54) is 12.3 Å². The van der Waals surface area contributed by atoms with Crippen molar-refractivity contribution < 1.29 is 8.42 Å².